The summed E-state index contributed by atoms with van der Waals surface area (Å²) >= 11 is 0. The molecule has 4 rings (SSSR count). The van der Waals surface area contributed by atoms with Crippen molar-refractivity contribution < 1.29 is 14.6 Å². The second-order valence-corrected chi connectivity index (χ2v) is 7.44. The highest BCUT2D eigenvalue weighted by atomic mass is 19.1. The molecule has 3 heterocycles. The van der Waals surface area contributed by atoms with Gasteiger partial charge in [-0.3, -0.25) is 0 Å². The molecule has 0 saturated heterocycles. The number of imidazole rings is 1. The van der Waals surface area contributed by atoms with Crippen LogP contribution in [0.4, 0.5) is 10.2 Å². The highest BCUT2D eigenvalue weighted by molar-refractivity contribution is 6.20. The van der Waals surface area contributed by atoms with Crippen molar-refractivity contribution >= 4 is 35.9 Å². The van der Waals surface area contributed by atoms with Crippen LogP contribution >= 0.6 is 0 Å². The van der Waals surface area contributed by atoms with Gasteiger partial charge in [0.1, 0.15) is 22.8 Å². The first kappa shape index (κ1) is 19.9. The molecule has 0 aliphatic carbocycles. The van der Waals surface area contributed by atoms with Crippen LogP contribution in [0.25, 0.3) is 33.3 Å². The second-order valence-electron chi connectivity index (χ2n) is 7.44. The summed E-state index contributed by atoms with van der Waals surface area (Å²) in [4.78, 5) is 11.1. The van der Waals surface area contributed by atoms with E-state index in [2.05, 4.69) is 4.98 Å². The van der Waals surface area contributed by atoms with E-state index in [1.807, 2.05) is 43.6 Å². The Hall–Kier alpha value is -3.42. The summed E-state index contributed by atoms with van der Waals surface area (Å²) in [6.45, 7) is -0.378. The van der Waals surface area contributed by atoms with Crippen LogP contribution in [0.1, 0.15) is 5.56 Å². The summed E-state index contributed by atoms with van der Waals surface area (Å²) in [5.74, 6) is 0.121. The summed E-state index contributed by atoms with van der Waals surface area (Å²) in [5, 5.41) is 29.6. The van der Waals surface area contributed by atoms with E-state index in [0.717, 1.165) is 16.4 Å². The zero-order valence-corrected chi connectivity index (χ0v) is 16.8. The number of halogens is 1. The molecule has 2 N–H and O–H groups in total. The van der Waals surface area contributed by atoms with Crippen molar-refractivity contribution in [2.24, 2.45) is 7.05 Å². The van der Waals surface area contributed by atoms with E-state index in [4.69, 9.17) is 4.98 Å². The van der Waals surface area contributed by atoms with Crippen LogP contribution < -0.4 is 4.81 Å². The summed E-state index contributed by atoms with van der Waals surface area (Å²) < 4.78 is 17.8. The zero-order valence-electron chi connectivity index (χ0n) is 16.8. The van der Waals surface area contributed by atoms with Crippen molar-refractivity contribution in [3.05, 3.63) is 42.0 Å². The quantitative estimate of drug-likeness (QED) is 0.479. The summed E-state index contributed by atoms with van der Waals surface area (Å²) in [6.07, 6.45) is 0.670. The minimum absolute atomic E-state index is 0.0525. The molecule has 0 saturated carbocycles. The maximum Gasteiger partial charge on any atom is 0.219 e. The van der Waals surface area contributed by atoms with Gasteiger partial charge in [0.15, 0.2) is 0 Å². The van der Waals surface area contributed by atoms with Crippen LogP contribution in [0.15, 0.2) is 30.6 Å². The van der Waals surface area contributed by atoms with Gasteiger partial charge in [0.25, 0.3) is 0 Å². The predicted molar refractivity (Wildman–Crippen MR) is 114 cm³/mol. The number of anilines is 1. The molecule has 0 aliphatic heterocycles. The lowest BCUT2D eigenvalue weighted by molar-refractivity contribution is 0.0824. The number of pyridine rings is 1. The highest BCUT2D eigenvalue weighted by Crippen LogP contribution is 2.35. The monoisotopic (exact) mass is 406 g/mol. The van der Waals surface area contributed by atoms with Crippen LogP contribution in [0.2, 0.25) is 0 Å². The molecule has 8 nitrogen and oxygen atoms in total. The first-order valence-electron chi connectivity index (χ1n) is 9.35. The number of benzene rings is 1. The van der Waals surface area contributed by atoms with Gasteiger partial charge in [-0.2, -0.15) is 5.26 Å². The van der Waals surface area contributed by atoms with Crippen molar-refractivity contribution in [3.63, 3.8) is 0 Å². The fourth-order valence-electron chi connectivity index (χ4n) is 3.70. The van der Waals surface area contributed by atoms with E-state index in [-0.39, 0.29) is 12.1 Å². The van der Waals surface area contributed by atoms with Crippen molar-refractivity contribution in [1.29, 1.82) is 5.26 Å². The Bertz CT molecular complexity index is 1310. The number of fused-ring (bicyclic) bond motifs is 3. The van der Waals surface area contributed by atoms with Gasteiger partial charge < -0.3 is 24.2 Å². The summed E-state index contributed by atoms with van der Waals surface area (Å²) in [7, 11) is 5.61. The number of aliphatic hydroxyl groups excluding tert-OH is 2. The van der Waals surface area contributed by atoms with Crippen LogP contribution in [-0.2, 0) is 13.6 Å². The van der Waals surface area contributed by atoms with Crippen LogP contribution in [-0.4, -0.2) is 57.1 Å². The number of aliphatic hydroxyl groups is 2. The Morgan fingerprint density at radius 3 is 2.77 bits per heavy atom. The van der Waals surface area contributed by atoms with Gasteiger partial charge in [-0.15, -0.1) is 0 Å². The average molecular weight is 406 g/mol. The Morgan fingerprint density at radius 2 is 2.10 bits per heavy atom. The number of rotatable bonds is 5. The maximum atomic E-state index is 14.2. The fraction of sp³-hybridized carbons (Fsp3) is 0.250. The number of nitrogens with zero attached hydrogens (tertiary/aromatic N) is 6. The molecule has 152 valence electrons. The van der Waals surface area contributed by atoms with E-state index < -0.39 is 18.5 Å². The molecule has 4 aromatic rings. The normalized spacial score (nSPS) is 12.4. The predicted octanol–water partition coefficient (Wildman–Crippen LogP) is 0.938. The van der Waals surface area contributed by atoms with Crippen LogP contribution in [0.5, 0.6) is 0 Å². The minimum Gasteiger partial charge on any atom is -0.408 e. The van der Waals surface area contributed by atoms with Gasteiger partial charge in [0.05, 0.1) is 48.4 Å². The van der Waals surface area contributed by atoms with E-state index >= 15 is 0 Å². The number of nitriles is 1. The average Bonchev–Trinajstić information content (AvgIpc) is 3.27. The van der Waals surface area contributed by atoms with Crippen LogP contribution in [0, 0.1) is 17.1 Å². The minimum atomic E-state index is -1.03. The molecule has 1 aromatic carbocycles. The largest absolute Gasteiger partial charge is 0.408 e. The van der Waals surface area contributed by atoms with E-state index in [1.54, 1.807) is 17.0 Å². The molecule has 1 atom stereocenters. The van der Waals surface area contributed by atoms with Crippen LogP contribution in [0.3, 0.4) is 0 Å². The molecular weight excluding hydrogens is 386 g/mol. The first-order chi connectivity index (χ1) is 14.3. The number of aryl methyl sites for hydroxylation is 1. The maximum absolute atomic E-state index is 14.2. The van der Waals surface area contributed by atoms with E-state index in [0.29, 0.717) is 22.7 Å². The Balaban J connectivity index is 2.11. The molecule has 0 spiro atoms. The van der Waals surface area contributed by atoms with Crippen molar-refractivity contribution in [3.8, 4) is 17.3 Å². The third-order valence-corrected chi connectivity index (χ3v) is 5.03. The number of hydrogen-bond donors (Lipinski definition) is 2. The second kappa shape index (κ2) is 7.44. The Kier molecular flexibility index (Phi) is 4.93. The fourth-order valence-corrected chi connectivity index (χ4v) is 3.70. The van der Waals surface area contributed by atoms with Gasteiger partial charge in [0.2, 0.25) is 7.98 Å². The topological polar surface area (TPSA) is 103 Å². The molecule has 30 heavy (non-hydrogen) atoms. The van der Waals surface area contributed by atoms with E-state index in [1.165, 1.54) is 12.1 Å². The SMILES string of the molecule is BN(C)c1nc2c(cc(-c3cc(F)cc(C#N)c3)n2CC(O)CO)c2c1ncn2C. The first-order valence-corrected chi connectivity index (χ1v) is 9.35. The molecule has 1 unspecified atom stereocenters. The van der Waals surface area contributed by atoms with Gasteiger partial charge in [-0.25, -0.2) is 14.4 Å². The van der Waals surface area contributed by atoms with Crippen molar-refractivity contribution in [2.75, 3.05) is 18.5 Å². The lowest BCUT2D eigenvalue weighted by atomic mass is 10.1. The smallest absolute Gasteiger partial charge is 0.219 e. The van der Waals surface area contributed by atoms with Gasteiger partial charge >= 0.3 is 0 Å². The molecule has 0 aliphatic rings. The summed E-state index contributed by atoms with van der Waals surface area (Å²) in [5.41, 5.74) is 3.39. The summed E-state index contributed by atoms with van der Waals surface area (Å²) in [6, 6.07) is 7.91. The third kappa shape index (κ3) is 3.18. The molecule has 0 fully saturated rings. The molecule has 10 heteroatoms. The molecule has 0 bridgehead atoms. The lowest BCUT2D eigenvalue weighted by Gasteiger charge is -2.16. The van der Waals surface area contributed by atoms with E-state index in [9.17, 15) is 19.9 Å². The molecule has 0 amide bonds. The molecule has 0 radical (unpaired) electrons. The van der Waals surface area contributed by atoms with Crippen molar-refractivity contribution in [2.45, 2.75) is 12.6 Å². The van der Waals surface area contributed by atoms with Gasteiger partial charge in [-0.1, -0.05) is 0 Å². The lowest BCUT2D eigenvalue weighted by Crippen LogP contribution is -2.21. The van der Waals surface area contributed by atoms with Crippen molar-refractivity contribution in [1.82, 2.24) is 19.1 Å². The molecule has 3 aromatic heterocycles. The highest BCUT2D eigenvalue weighted by Gasteiger charge is 2.22. The van der Waals surface area contributed by atoms with Gasteiger partial charge in [0, 0.05) is 18.0 Å². The Labute approximate surface area is 172 Å². The van der Waals surface area contributed by atoms with Gasteiger partial charge in [-0.05, 0) is 31.3 Å². The zero-order chi connectivity index (χ0) is 21.6. The number of hydrogen-bond acceptors (Lipinski definition) is 6. The number of aromatic nitrogens is 4. The third-order valence-electron chi connectivity index (χ3n) is 5.03. The standard InChI is InChI=1S/C20H20BFN6O2/c1-26-10-24-17-18(26)15-6-16(12-3-11(7-23)4-13(22)5-12)28(8-14(30)9-29)19(15)25-20(17)27(2)21/h3-6,10,14,29-30H,8-9,21H2,1-2H3. The molecular formula is C20H20BFN6O2. The Morgan fingerprint density at radius 1 is 1.33 bits per heavy atom.